The van der Waals surface area contributed by atoms with Crippen LogP contribution in [0.25, 0.3) is 0 Å². The zero-order chi connectivity index (χ0) is 30.0. The average Bonchev–Trinajstić information content (AvgIpc) is 2.67. The molecule has 0 saturated heterocycles. The molecule has 12 nitrogen and oxygen atoms in total. The molecule has 4 atom stereocenters. The minimum absolute atomic E-state index is 0. The van der Waals surface area contributed by atoms with E-state index in [0.717, 1.165) is 0 Å². The van der Waals surface area contributed by atoms with Gasteiger partial charge in [0.25, 0.3) is 0 Å². The summed E-state index contributed by atoms with van der Waals surface area (Å²) in [5, 5.41) is 0. The Labute approximate surface area is 233 Å². The molecule has 0 rings (SSSR count). The smallest absolute Gasteiger partial charge is 0.746 e. The Bertz CT molecular complexity index is 817. The van der Waals surface area contributed by atoms with E-state index in [2.05, 4.69) is 0 Å². The first-order valence-corrected chi connectivity index (χ1v) is 16.2. The van der Waals surface area contributed by atoms with Crippen molar-refractivity contribution in [3.63, 3.8) is 0 Å². The maximum Gasteiger partial charge on any atom is 4.00 e. The van der Waals surface area contributed by atoms with Crippen LogP contribution in [0.4, 0.5) is 17.6 Å². The van der Waals surface area contributed by atoms with E-state index in [1.54, 1.807) is 27.7 Å². The standard InChI is InChI=1S/4C4H9FO3S.Sn/c4*1-2-3-4(5)9(6,7)8;/h4*4H,2-3H2,1H3,(H,6,7,8);/q;;;;+4/p-4. The molecule has 0 bridgehead atoms. The Kier molecular flexibility index (Phi) is 29.1. The molecule has 0 aromatic heterocycles. The first kappa shape index (κ1) is 47.0. The van der Waals surface area contributed by atoms with Gasteiger partial charge < -0.3 is 18.2 Å². The summed E-state index contributed by atoms with van der Waals surface area (Å²) in [5.74, 6) is 0. The van der Waals surface area contributed by atoms with E-state index in [1.807, 2.05) is 0 Å². The first-order chi connectivity index (χ1) is 15.9. The quantitative estimate of drug-likeness (QED) is 0.159. The zero-order valence-corrected chi connectivity index (χ0v) is 26.6. The third kappa shape index (κ3) is 32.3. The van der Waals surface area contributed by atoms with E-state index in [0.29, 0.717) is 25.7 Å². The normalized spacial score (nSPS) is 15.0. The molecular weight excluding hydrogens is 707 g/mol. The summed E-state index contributed by atoms with van der Waals surface area (Å²) >= 11 is 0. The monoisotopic (exact) mass is 740 g/mol. The number of hydrogen-bond acceptors (Lipinski definition) is 12. The first-order valence-electron chi connectivity index (χ1n) is 10.3. The molecule has 37 heavy (non-hydrogen) atoms. The number of rotatable bonds is 12. The van der Waals surface area contributed by atoms with Gasteiger partial charge in [-0.15, -0.1) is 0 Å². The van der Waals surface area contributed by atoms with Crippen molar-refractivity contribution in [2.45, 2.75) is 101 Å². The SMILES string of the molecule is CCCC(F)S(=O)(=O)[O-].CCCC(F)S(=O)(=O)[O-].CCCC(F)S(=O)(=O)[O-].CCCC(F)S(=O)(=O)[O-].[Sn+4]. The molecule has 0 radical (unpaired) electrons. The van der Waals surface area contributed by atoms with Crippen molar-refractivity contribution in [2.75, 3.05) is 0 Å². The van der Waals surface area contributed by atoms with Crippen LogP contribution in [0.5, 0.6) is 0 Å². The van der Waals surface area contributed by atoms with Gasteiger partial charge in [0.1, 0.15) is 40.5 Å². The molecule has 0 aromatic carbocycles. The van der Waals surface area contributed by atoms with Crippen LogP contribution in [0.3, 0.4) is 0 Å². The maximum atomic E-state index is 12.0. The molecule has 0 fully saturated rings. The van der Waals surface area contributed by atoms with Crippen molar-refractivity contribution in [3.8, 4) is 0 Å². The Morgan fingerprint density at radius 3 is 0.568 bits per heavy atom. The predicted molar refractivity (Wildman–Crippen MR) is 124 cm³/mol. The van der Waals surface area contributed by atoms with E-state index in [9.17, 15) is 69.4 Å². The van der Waals surface area contributed by atoms with Gasteiger partial charge in [-0.1, -0.05) is 53.4 Å². The molecule has 224 valence electrons. The van der Waals surface area contributed by atoms with E-state index in [1.165, 1.54) is 0 Å². The van der Waals surface area contributed by atoms with Crippen LogP contribution in [0.2, 0.25) is 0 Å². The third-order valence-electron chi connectivity index (χ3n) is 3.32. The summed E-state index contributed by atoms with van der Waals surface area (Å²) in [4.78, 5) is 0. The summed E-state index contributed by atoms with van der Waals surface area (Å²) in [6.45, 7) is 6.44. The van der Waals surface area contributed by atoms with Crippen LogP contribution in [-0.4, -0.2) is 97.8 Å². The fourth-order valence-electron chi connectivity index (χ4n) is 1.49. The average molecular weight is 739 g/mol. The number of halogens is 4. The van der Waals surface area contributed by atoms with Gasteiger partial charge in [0, 0.05) is 0 Å². The molecule has 0 aliphatic heterocycles. The molecule has 21 heteroatoms. The third-order valence-corrected chi connectivity index (χ3v) is 6.76. The van der Waals surface area contributed by atoms with E-state index in [-0.39, 0.29) is 49.6 Å². The second-order valence-corrected chi connectivity index (χ2v) is 12.8. The van der Waals surface area contributed by atoms with Gasteiger partial charge >= 0.3 is 23.9 Å². The number of hydrogen-bond donors (Lipinski definition) is 0. The molecule has 0 aliphatic carbocycles. The van der Waals surface area contributed by atoms with Gasteiger partial charge in [-0.2, -0.15) is 0 Å². The molecule has 4 unspecified atom stereocenters. The van der Waals surface area contributed by atoms with E-state index < -0.39 is 62.5 Å². The van der Waals surface area contributed by atoms with Crippen LogP contribution in [0, 0.1) is 0 Å². The molecule has 0 N–H and O–H groups in total. The van der Waals surface area contributed by atoms with Crippen molar-refractivity contribution in [1.82, 2.24) is 0 Å². The van der Waals surface area contributed by atoms with Crippen LogP contribution in [-0.2, 0) is 40.5 Å². The summed E-state index contributed by atoms with van der Waals surface area (Å²) in [6, 6.07) is 0. The molecule has 0 aliphatic rings. The van der Waals surface area contributed by atoms with Gasteiger partial charge in [-0.05, 0) is 25.7 Å². The Hall–Kier alpha value is 0.159. The Morgan fingerprint density at radius 2 is 0.541 bits per heavy atom. The molecule has 0 spiro atoms. The second kappa shape index (κ2) is 22.9. The van der Waals surface area contributed by atoms with Gasteiger partial charge in [-0.3, -0.25) is 0 Å². The van der Waals surface area contributed by atoms with Gasteiger partial charge in [0.15, 0.2) is 22.0 Å². The van der Waals surface area contributed by atoms with Gasteiger partial charge in [-0.25, -0.2) is 51.2 Å². The van der Waals surface area contributed by atoms with Crippen molar-refractivity contribution >= 4 is 64.4 Å². The van der Waals surface area contributed by atoms with Crippen molar-refractivity contribution < 1.29 is 69.4 Å². The summed E-state index contributed by atoms with van der Waals surface area (Å²) in [7, 11) is -18.7. The fraction of sp³-hybridized carbons (Fsp3) is 1.00. The minimum atomic E-state index is -4.68. The molecule has 0 amide bonds. The Morgan fingerprint density at radius 1 is 0.432 bits per heavy atom. The van der Waals surface area contributed by atoms with Gasteiger partial charge in [0.2, 0.25) is 0 Å². The summed E-state index contributed by atoms with van der Waals surface area (Å²) < 4.78 is 166. The van der Waals surface area contributed by atoms with Crippen LogP contribution < -0.4 is 0 Å². The predicted octanol–water partition coefficient (Wildman–Crippen LogP) is 2.13. The van der Waals surface area contributed by atoms with Crippen molar-refractivity contribution in [1.29, 1.82) is 0 Å². The second-order valence-electron chi connectivity index (χ2n) is 6.77. The van der Waals surface area contributed by atoms with Crippen LogP contribution in [0.15, 0.2) is 0 Å². The molecule has 0 aromatic rings. The van der Waals surface area contributed by atoms with Crippen LogP contribution in [0.1, 0.15) is 79.1 Å². The zero-order valence-electron chi connectivity index (χ0n) is 20.5. The van der Waals surface area contributed by atoms with E-state index in [4.69, 9.17) is 0 Å². The minimum Gasteiger partial charge on any atom is -0.746 e. The summed E-state index contributed by atoms with van der Waals surface area (Å²) in [5.41, 5.74) is -8.88. The largest absolute Gasteiger partial charge is 4.00 e. The molecule has 0 heterocycles. The van der Waals surface area contributed by atoms with Crippen LogP contribution >= 0.6 is 0 Å². The fourth-order valence-corrected chi connectivity index (χ4v) is 3.58. The topological polar surface area (TPSA) is 229 Å². The Balaban J connectivity index is -0.000000122. The van der Waals surface area contributed by atoms with Crippen molar-refractivity contribution in [2.24, 2.45) is 0 Å². The summed E-state index contributed by atoms with van der Waals surface area (Å²) in [6.07, 6.45) is 0.645. The number of alkyl halides is 4. The van der Waals surface area contributed by atoms with Crippen molar-refractivity contribution in [3.05, 3.63) is 0 Å². The maximum absolute atomic E-state index is 12.0. The molecular formula is C16H32F4O12S4Sn. The van der Waals surface area contributed by atoms with E-state index >= 15 is 0 Å². The molecule has 0 saturated carbocycles. The van der Waals surface area contributed by atoms with Gasteiger partial charge in [0.05, 0.1) is 0 Å².